The van der Waals surface area contributed by atoms with E-state index < -0.39 is 0 Å². The molecule has 48 valence electrons. The Bertz CT molecular complexity index is 161. The first-order chi connectivity index (χ1) is 4.43. The molecule has 0 aliphatic heterocycles. The number of hydrogen-bond donors (Lipinski definition) is 1. The molecule has 0 atom stereocenters. The summed E-state index contributed by atoms with van der Waals surface area (Å²) in [6.07, 6.45) is 5.87. The highest BCUT2D eigenvalue weighted by molar-refractivity contribution is 4.94. The first kappa shape index (κ1) is 6.16. The number of nitrogens with two attached hydrogens (primary N) is 1. The molecule has 0 saturated carbocycles. The van der Waals surface area contributed by atoms with E-state index in [1.165, 1.54) is 0 Å². The van der Waals surface area contributed by atoms with Crippen molar-refractivity contribution < 1.29 is 0 Å². The third kappa shape index (κ3) is 1.77. The van der Waals surface area contributed by atoms with E-state index in [1.54, 1.807) is 18.6 Å². The zero-order valence-electron chi connectivity index (χ0n) is 5.12. The molecule has 0 amide bonds. The zero-order chi connectivity index (χ0) is 6.53. The smallest absolute Gasteiger partial charge is 0.0599 e. The van der Waals surface area contributed by atoms with Crippen LogP contribution in [-0.2, 0) is 6.42 Å². The van der Waals surface area contributed by atoms with Gasteiger partial charge in [-0.25, -0.2) is 0 Å². The number of hydrogen-bond acceptors (Lipinski definition) is 3. The molecule has 1 heterocycles. The lowest BCUT2D eigenvalue weighted by Gasteiger charge is -1.92. The van der Waals surface area contributed by atoms with E-state index in [4.69, 9.17) is 5.73 Å². The molecule has 1 aromatic rings. The molecule has 0 spiro atoms. The first-order valence-electron chi connectivity index (χ1n) is 2.88. The lowest BCUT2D eigenvalue weighted by atomic mass is 10.3. The standard InChI is InChI=1S/C6H9N3/c7-2-1-6-5-8-3-4-9-6/h3-5H,1-2,7H2. The fraction of sp³-hybridized carbons (Fsp3) is 0.333. The fourth-order valence-electron chi connectivity index (χ4n) is 0.607. The van der Waals surface area contributed by atoms with Gasteiger partial charge in [0.25, 0.3) is 0 Å². The van der Waals surface area contributed by atoms with Crippen molar-refractivity contribution in [3.63, 3.8) is 0 Å². The topological polar surface area (TPSA) is 51.8 Å². The van der Waals surface area contributed by atoms with E-state index in [1.807, 2.05) is 0 Å². The molecule has 0 aromatic carbocycles. The highest BCUT2D eigenvalue weighted by Crippen LogP contribution is 1.87. The van der Waals surface area contributed by atoms with E-state index in [9.17, 15) is 0 Å². The average molecular weight is 123 g/mol. The van der Waals surface area contributed by atoms with Crippen molar-refractivity contribution in [3.05, 3.63) is 24.3 Å². The predicted octanol–water partition coefficient (Wildman–Crippen LogP) is -0.0222. The Morgan fingerprint density at radius 2 is 2.33 bits per heavy atom. The van der Waals surface area contributed by atoms with Gasteiger partial charge in [0.05, 0.1) is 5.69 Å². The molecule has 0 unspecified atom stereocenters. The minimum absolute atomic E-state index is 0.638. The molecule has 3 heteroatoms. The molecule has 0 fully saturated rings. The maximum atomic E-state index is 5.29. The van der Waals surface area contributed by atoms with Crippen LogP contribution in [0.1, 0.15) is 5.69 Å². The Kier molecular flexibility index (Phi) is 2.15. The van der Waals surface area contributed by atoms with Crippen molar-refractivity contribution in [2.45, 2.75) is 6.42 Å². The van der Waals surface area contributed by atoms with Crippen molar-refractivity contribution >= 4 is 0 Å². The zero-order valence-corrected chi connectivity index (χ0v) is 5.12. The molecule has 1 rings (SSSR count). The molecule has 0 aliphatic rings. The lowest BCUT2D eigenvalue weighted by Crippen LogP contribution is -2.04. The van der Waals surface area contributed by atoms with Crippen LogP contribution >= 0.6 is 0 Å². The van der Waals surface area contributed by atoms with Crippen LogP contribution in [0.4, 0.5) is 0 Å². The van der Waals surface area contributed by atoms with Crippen LogP contribution in [0.5, 0.6) is 0 Å². The van der Waals surface area contributed by atoms with Gasteiger partial charge in [0.1, 0.15) is 0 Å². The van der Waals surface area contributed by atoms with Crippen molar-refractivity contribution in [1.29, 1.82) is 0 Å². The second-order valence-electron chi connectivity index (χ2n) is 1.74. The summed E-state index contributed by atoms with van der Waals surface area (Å²) < 4.78 is 0. The summed E-state index contributed by atoms with van der Waals surface area (Å²) in [5.41, 5.74) is 6.25. The van der Waals surface area contributed by atoms with Gasteiger partial charge in [0, 0.05) is 25.0 Å². The molecule has 3 nitrogen and oxygen atoms in total. The average Bonchev–Trinajstić information content (AvgIpc) is 1.91. The highest BCUT2D eigenvalue weighted by Gasteiger charge is 1.87. The van der Waals surface area contributed by atoms with Crippen LogP contribution in [0.25, 0.3) is 0 Å². The minimum atomic E-state index is 0.638. The maximum absolute atomic E-state index is 5.29. The normalized spacial score (nSPS) is 9.44. The molecule has 2 N–H and O–H groups in total. The molecule has 0 saturated heterocycles. The Labute approximate surface area is 53.9 Å². The van der Waals surface area contributed by atoms with Crippen LogP contribution in [0.3, 0.4) is 0 Å². The summed E-state index contributed by atoms with van der Waals surface area (Å²) in [4.78, 5) is 7.91. The lowest BCUT2D eigenvalue weighted by molar-refractivity contribution is 0.908. The molecular formula is C6H9N3. The largest absolute Gasteiger partial charge is 0.330 e. The molecule has 0 bridgehead atoms. The number of nitrogens with zero attached hydrogens (tertiary/aromatic N) is 2. The van der Waals surface area contributed by atoms with Crippen molar-refractivity contribution in [2.24, 2.45) is 5.73 Å². The van der Waals surface area contributed by atoms with Gasteiger partial charge >= 0.3 is 0 Å². The van der Waals surface area contributed by atoms with Crippen LogP contribution in [0.15, 0.2) is 18.6 Å². The Morgan fingerprint density at radius 1 is 1.44 bits per heavy atom. The summed E-state index contributed by atoms with van der Waals surface area (Å²) in [6.45, 7) is 0.638. The van der Waals surface area contributed by atoms with Crippen LogP contribution in [0, 0.1) is 0 Å². The SMILES string of the molecule is NCCc1cnccn1. The molecular weight excluding hydrogens is 114 g/mol. The number of rotatable bonds is 2. The van der Waals surface area contributed by atoms with E-state index in [2.05, 4.69) is 9.97 Å². The Balaban J connectivity index is 2.61. The van der Waals surface area contributed by atoms with E-state index in [0.717, 1.165) is 12.1 Å². The summed E-state index contributed by atoms with van der Waals surface area (Å²) >= 11 is 0. The Morgan fingerprint density at radius 3 is 2.89 bits per heavy atom. The van der Waals surface area contributed by atoms with Crippen LogP contribution in [-0.4, -0.2) is 16.5 Å². The highest BCUT2D eigenvalue weighted by atomic mass is 14.8. The summed E-state index contributed by atoms with van der Waals surface area (Å²) in [5, 5.41) is 0. The van der Waals surface area contributed by atoms with Gasteiger partial charge in [0.15, 0.2) is 0 Å². The quantitative estimate of drug-likeness (QED) is 0.601. The van der Waals surface area contributed by atoms with Gasteiger partial charge < -0.3 is 5.73 Å². The summed E-state index contributed by atoms with van der Waals surface area (Å²) in [7, 11) is 0. The van der Waals surface area contributed by atoms with Gasteiger partial charge in [-0.15, -0.1) is 0 Å². The number of aromatic nitrogens is 2. The monoisotopic (exact) mass is 123 g/mol. The van der Waals surface area contributed by atoms with Crippen LogP contribution in [0.2, 0.25) is 0 Å². The summed E-state index contributed by atoms with van der Waals surface area (Å²) in [6, 6.07) is 0. The first-order valence-corrected chi connectivity index (χ1v) is 2.88. The van der Waals surface area contributed by atoms with Gasteiger partial charge in [-0.05, 0) is 6.54 Å². The van der Waals surface area contributed by atoms with Crippen molar-refractivity contribution in [1.82, 2.24) is 9.97 Å². The third-order valence-electron chi connectivity index (χ3n) is 1.02. The van der Waals surface area contributed by atoms with E-state index in [0.29, 0.717) is 6.54 Å². The maximum Gasteiger partial charge on any atom is 0.0599 e. The molecule has 0 aliphatic carbocycles. The van der Waals surface area contributed by atoms with Crippen molar-refractivity contribution in [2.75, 3.05) is 6.54 Å². The van der Waals surface area contributed by atoms with Gasteiger partial charge in [-0.1, -0.05) is 0 Å². The minimum Gasteiger partial charge on any atom is -0.330 e. The van der Waals surface area contributed by atoms with Crippen LogP contribution < -0.4 is 5.73 Å². The Hall–Kier alpha value is -0.960. The molecule has 9 heavy (non-hydrogen) atoms. The third-order valence-corrected chi connectivity index (χ3v) is 1.02. The molecule has 0 radical (unpaired) electrons. The predicted molar refractivity (Wildman–Crippen MR) is 34.8 cm³/mol. The summed E-state index contributed by atoms with van der Waals surface area (Å²) in [5.74, 6) is 0. The van der Waals surface area contributed by atoms with Gasteiger partial charge in [0.2, 0.25) is 0 Å². The second kappa shape index (κ2) is 3.14. The van der Waals surface area contributed by atoms with E-state index in [-0.39, 0.29) is 0 Å². The van der Waals surface area contributed by atoms with E-state index >= 15 is 0 Å². The second-order valence-corrected chi connectivity index (χ2v) is 1.74. The van der Waals surface area contributed by atoms with Gasteiger partial charge in [-0.3, -0.25) is 9.97 Å². The van der Waals surface area contributed by atoms with Crippen molar-refractivity contribution in [3.8, 4) is 0 Å². The van der Waals surface area contributed by atoms with Gasteiger partial charge in [-0.2, -0.15) is 0 Å². The fourth-order valence-corrected chi connectivity index (χ4v) is 0.607. The molecule has 1 aromatic heterocycles.